The highest BCUT2D eigenvalue weighted by Gasteiger charge is 2.12. The molecule has 1 atom stereocenters. The summed E-state index contributed by atoms with van der Waals surface area (Å²) in [4.78, 5) is 0. The highest BCUT2D eigenvalue weighted by molar-refractivity contribution is 5.39. The van der Waals surface area contributed by atoms with Crippen LogP contribution in [0.1, 0.15) is 37.8 Å². The Morgan fingerprint density at radius 3 is 3.00 bits per heavy atom. The first-order valence-electron chi connectivity index (χ1n) is 6.81. The summed E-state index contributed by atoms with van der Waals surface area (Å²) in [5.74, 6) is 1.09. The lowest BCUT2D eigenvalue weighted by Gasteiger charge is -2.15. The zero-order chi connectivity index (χ0) is 12.1. The fourth-order valence-electron chi connectivity index (χ4n) is 2.48. The maximum atomic E-state index is 5.53. The van der Waals surface area contributed by atoms with Crippen molar-refractivity contribution in [3.63, 3.8) is 0 Å². The van der Waals surface area contributed by atoms with Crippen LogP contribution in [0.3, 0.4) is 0 Å². The summed E-state index contributed by atoms with van der Waals surface area (Å²) in [6.07, 6.45) is 4.68. The molecular formula is C15H23NO. The smallest absolute Gasteiger partial charge is 0.122 e. The molecule has 2 heteroatoms. The van der Waals surface area contributed by atoms with Gasteiger partial charge in [0.1, 0.15) is 5.75 Å². The van der Waals surface area contributed by atoms with Crippen molar-refractivity contribution in [2.24, 2.45) is 0 Å². The molecule has 1 unspecified atom stereocenters. The van der Waals surface area contributed by atoms with E-state index in [1.807, 2.05) is 0 Å². The predicted molar refractivity (Wildman–Crippen MR) is 71.7 cm³/mol. The molecular weight excluding hydrogens is 210 g/mol. The van der Waals surface area contributed by atoms with Crippen molar-refractivity contribution in [1.82, 2.24) is 5.32 Å². The lowest BCUT2D eigenvalue weighted by Crippen LogP contribution is -2.28. The van der Waals surface area contributed by atoms with E-state index in [-0.39, 0.29) is 0 Å². The van der Waals surface area contributed by atoms with Gasteiger partial charge in [-0.15, -0.1) is 0 Å². The summed E-state index contributed by atoms with van der Waals surface area (Å²) in [6, 6.07) is 7.32. The van der Waals surface area contributed by atoms with Crippen LogP contribution in [0, 0.1) is 0 Å². The van der Waals surface area contributed by atoms with Crippen LogP contribution in [-0.4, -0.2) is 19.2 Å². The highest BCUT2D eigenvalue weighted by atomic mass is 16.5. The first kappa shape index (κ1) is 12.4. The van der Waals surface area contributed by atoms with Crippen LogP contribution in [0.5, 0.6) is 5.75 Å². The third-order valence-corrected chi connectivity index (χ3v) is 3.52. The molecule has 1 N–H and O–H groups in total. The summed E-state index contributed by atoms with van der Waals surface area (Å²) in [5.41, 5.74) is 2.84. The van der Waals surface area contributed by atoms with Crippen LogP contribution in [-0.2, 0) is 12.8 Å². The first-order valence-corrected chi connectivity index (χ1v) is 6.81. The molecule has 2 rings (SSSR count). The zero-order valence-corrected chi connectivity index (χ0v) is 11.0. The van der Waals surface area contributed by atoms with Gasteiger partial charge in [0.05, 0.1) is 6.61 Å². The number of nitrogens with one attached hydrogen (secondary N) is 1. The SMILES string of the molecule is CCNC(CC)CCc1ccc2c(c1)CCO2. The fourth-order valence-corrected chi connectivity index (χ4v) is 2.48. The van der Waals surface area contributed by atoms with Gasteiger partial charge in [0.2, 0.25) is 0 Å². The number of benzene rings is 1. The third-order valence-electron chi connectivity index (χ3n) is 3.52. The van der Waals surface area contributed by atoms with Crippen molar-refractivity contribution in [2.45, 2.75) is 45.6 Å². The molecule has 2 nitrogen and oxygen atoms in total. The molecule has 1 aromatic carbocycles. The van der Waals surface area contributed by atoms with Crippen LogP contribution in [0.15, 0.2) is 18.2 Å². The Bertz CT molecular complexity index is 362. The van der Waals surface area contributed by atoms with Crippen molar-refractivity contribution in [3.8, 4) is 5.75 Å². The van der Waals surface area contributed by atoms with Crippen LogP contribution < -0.4 is 10.1 Å². The van der Waals surface area contributed by atoms with E-state index >= 15 is 0 Å². The molecule has 0 fully saturated rings. The average Bonchev–Trinajstić information content (AvgIpc) is 2.81. The summed E-state index contributed by atoms with van der Waals surface area (Å²) in [6.45, 7) is 6.35. The Kier molecular flexibility index (Phi) is 4.43. The van der Waals surface area contributed by atoms with E-state index in [0.29, 0.717) is 6.04 Å². The maximum Gasteiger partial charge on any atom is 0.122 e. The molecule has 1 aliphatic rings. The van der Waals surface area contributed by atoms with Crippen molar-refractivity contribution in [3.05, 3.63) is 29.3 Å². The molecule has 0 aromatic heterocycles. The standard InChI is InChI=1S/C15H23NO/c1-3-14(16-4-2)7-5-12-6-8-15-13(11-12)9-10-17-15/h6,8,11,14,16H,3-5,7,9-10H2,1-2H3. The predicted octanol–water partition coefficient (Wildman–Crippen LogP) is 2.94. The lowest BCUT2D eigenvalue weighted by atomic mass is 10.0. The topological polar surface area (TPSA) is 21.3 Å². The fraction of sp³-hybridized carbons (Fsp3) is 0.600. The molecule has 0 saturated carbocycles. The van der Waals surface area contributed by atoms with Gasteiger partial charge in [0, 0.05) is 12.5 Å². The Balaban J connectivity index is 1.90. The van der Waals surface area contributed by atoms with E-state index in [1.165, 1.54) is 30.4 Å². The molecule has 0 saturated heterocycles. The first-order chi connectivity index (χ1) is 8.33. The maximum absolute atomic E-state index is 5.53. The van der Waals surface area contributed by atoms with Gasteiger partial charge >= 0.3 is 0 Å². The van der Waals surface area contributed by atoms with Gasteiger partial charge < -0.3 is 10.1 Å². The van der Waals surface area contributed by atoms with Crippen LogP contribution in [0.2, 0.25) is 0 Å². The van der Waals surface area contributed by atoms with Gasteiger partial charge in [-0.05, 0) is 43.0 Å². The van der Waals surface area contributed by atoms with E-state index < -0.39 is 0 Å². The summed E-state index contributed by atoms with van der Waals surface area (Å²) in [5, 5.41) is 3.53. The Hall–Kier alpha value is -1.02. The van der Waals surface area contributed by atoms with Crippen LogP contribution in [0.25, 0.3) is 0 Å². The number of hydrogen-bond donors (Lipinski definition) is 1. The van der Waals surface area contributed by atoms with Gasteiger partial charge in [0.25, 0.3) is 0 Å². The van der Waals surface area contributed by atoms with Gasteiger partial charge in [-0.25, -0.2) is 0 Å². The van der Waals surface area contributed by atoms with Crippen molar-refractivity contribution in [2.75, 3.05) is 13.2 Å². The molecule has 0 amide bonds. The molecule has 94 valence electrons. The molecule has 1 aliphatic heterocycles. The third kappa shape index (κ3) is 3.22. The Labute approximate surface area is 104 Å². The number of fused-ring (bicyclic) bond motifs is 1. The molecule has 1 heterocycles. The molecule has 0 bridgehead atoms. The van der Waals surface area contributed by atoms with E-state index in [4.69, 9.17) is 4.74 Å². The number of hydrogen-bond acceptors (Lipinski definition) is 2. The van der Waals surface area contributed by atoms with E-state index in [2.05, 4.69) is 37.4 Å². The molecule has 0 aliphatic carbocycles. The minimum Gasteiger partial charge on any atom is -0.493 e. The van der Waals surface area contributed by atoms with Crippen molar-refractivity contribution >= 4 is 0 Å². The second-order valence-electron chi connectivity index (χ2n) is 4.74. The monoisotopic (exact) mass is 233 g/mol. The van der Waals surface area contributed by atoms with E-state index in [0.717, 1.165) is 25.3 Å². The average molecular weight is 233 g/mol. The minimum atomic E-state index is 0.657. The summed E-state index contributed by atoms with van der Waals surface area (Å²) >= 11 is 0. The van der Waals surface area contributed by atoms with Crippen LogP contribution in [0.4, 0.5) is 0 Å². The second-order valence-corrected chi connectivity index (χ2v) is 4.74. The van der Waals surface area contributed by atoms with Crippen LogP contribution >= 0.6 is 0 Å². The van der Waals surface area contributed by atoms with Crippen molar-refractivity contribution < 1.29 is 4.74 Å². The van der Waals surface area contributed by atoms with E-state index in [1.54, 1.807) is 0 Å². The molecule has 17 heavy (non-hydrogen) atoms. The van der Waals surface area contributed by atoms with Gasteiger partial charge in [-0.3, -0.25) is 0 Å². The van der Waals surface area contributed by atoms with Crippen molar-refractivity contribution in [1.29, 1.82) is 0 Å². The second kappa shape index (κ2) is 6.06. The number of ether oxygens (including phenoxy) is 1. The molecule has 1 aromatic rings. The van der Waals surface area contributed by atoms with E-state index in [9.17, 15) is 0 Å². The largest absolute Gasteiger partial charge is 0.493 e. The summed E-state index contributed by atoms with van der Waals surface area (Å²) < 4.78 is 5.53. The van der Waals surface area contributed by atoms with Gasteiger partial charge in [-0.1, -0.05) is 26.0 Å². The number of rotatable bonds is 6. The van der Waals surface area contributed by atoms with Gasteiger partial charge in [-0.2, -0.15) is 0 Å². The zero-order valence-electron chi connectivity index (χ0n) is 11.0. The lowest BCUT2D eigenvalue weighted by molar-refractivity contribution is 0.357. The molecule has 0 radical (unpaired) electrons. The Morgan fingerprint density at radius 2 is 2.24 bits per heavy atom. The quantitative estimate of drug-likeness (QED) is 0.815. The van der Waals surface area contributed by atoms with Gasteiger partial charge in [0.15, 0.2) is 0 Å². The Morgan fingerprint density at radius 1 is 1.35 bits per heavy atom. The molecule has 0 spiro atoms. The minimum absolute atomic E-state index is 0.657. The normalized spacial score (nSPS) is 15.4. The highest BCUT2D eigenvalue weighted by Crippen LogP contribution is 2.26. The summed E-state index contributed by atoms with van der Waals surface area (Å²) in [7, 11) is 0. The number of aryl methyl sites for hydroxylation is 1.